The summed E-state index contributed by atoms with van der Waals surface area (Å²) in [6.45, 7) is 0. The average molecular weight is 329 g/mol. The smallest absolute Gasteiger partial charge is 0.399 e. The summed E-state index contributed by atoms with van der Waals surface area (Å²) in [5.74, 6) is -0.0655. The molecule has 1 aromatic carbocycles. The standard InChI is InChI=1S/C11H14F3NO3S2/c12-11(13,14)9-7-8(15)3-4-10(9)19-5-1-2-6-20(16,17)18/h3-4,7H,1-2,5-6,15H2,(H,16,17,18). The van der Waals surface area contributed by atoms with Crippen molar-refractivity contribution in [1.29, 1.82) is 0 Å². The van der Waals surface area contributed by atoms with E-state index in [1.807, 2.05) is 0 Å². The summed E-state index contributed by atoms with van der Waals surface area (Å²) in [4.78, 5) is 0.0542. The minimum atomic E-state index is -4.48. The van der Waals surface area contributed by atoms with Crippen molar-refractivity contribution < 1.29 is 26.1 Å². The van der Waals surface area contributed by atoms with Crippen LogP contribution in [-0.4, -0.2) is 24.5 Å². The van der Waals surface area contributed by atoms with Crippen molar-refractivity contribution in [2.24, 2.45) is 0 Å². The van der Waals surface area contributed by atoms with Gasteiger partial charge in [0.1, 0.15) is 0 Å². The average Bonchev–Trinajstić information content (AvgIpc) is 2.27. The van der Waals surface area contributed by atoms with Gasteiger partial charge in [-0.1, -0.05) is 0 Å². The quantitative estimate of drug-likeness (QED) is 0.363. The summed E-state index contributed by atoms with van der Waals surface area (Å²) in [5.41, 5.74) is 4.59. The van der Waals surface area contributed by atoms with E-state index in [9.17, 15) is 21.6 Å². The number of halogens is 3. The molecule has 114 valence electrons. The van der Waals surface area contributed by atoms with Crippen LogP contribution in [0.5, 0.6) is 0 Å². The monoisotopic (exact) mass is 329 g/mol. The number of benzene rings is 1. The fourth-order valence-electron chi connectivity index (χ4n) is 1.46. The van der Waals surface area contributed by atoms with E-state index in [0.29, 0.717) is 12.2 Å². The molecule has 0 atom stereocenters. The molecule has 0 bridgehead atoms. The molecule has 0 unspecified atom stereocenters. The minimum Gasteiger partial charge on any atom is -0.399 e. The number of hydrogen-bond donors (Lipinski definition) is 2. The molecule has 4 nitrogen and oxygen atoms in total. The highest BCUT2D eigenvalue weighted by atomic mass is 32.2. The van der Waals surface area contributed by atoms with Gasteiger partial charge in [-0.3, -0.25) is 4.55 Å². The lowest BCUT2D eigenvalue weighted by molar-refractivity contribution is -0.139. The van der Waals surface area contributed by atoms with Gasteiger partial charge >= 0.3 is 6.18 Å². The maximum Gasteiger partial charge on any atom is 0.417 e. The molecule has 0 aliphatic rings. The van der Waals surface area contributed by atoms with Crippen LogP contribution in [0.25, 0.3) is 0 Å². The van der Waals surface area contributed by atoms with Gasteiger partial charge in [0.05, 0.1) is 11.3 Å². The fraction of sp³-hybridized carbons (Fsp3) is 0.455. The van der Waals surface area contributed by atoms with Gasteiger partial charge in [0, 0.05) is 10.6 Å². The largest absolute Gasteiger partial charge is 0.417 e. The summed E-state index contributed by atoms with van der Waals surface area (Å²) < 4.78 is 67.8. The van der Waals surface area contributed by atoms with Crippen molar-refractivity contribution in [1.82, 2.24) is 0 Å². The Kier molecular flexibility index (Phi) is 5.72. The highest BCUT2D eigenvalue weighted by Crippen LogP contribution is 2.38. The van der Waals surface area contributed by atoms with Gasteiger partial charge in [0.25, 0.3) is 10.1 Å². The minimum absolute atomic E-state index is 0.0352. The van der Waals surface area contributed by atoms with Crippen molar-refractivity contribution in [3.05, 3.63) is 23.8 Å². The Morgan fingerprint density at radius 1 is 1.25 bits per heavy atom. The van der Waals surface area contributed by atoms with Gasteiger partial charge in [0.15, 0.2) is 0 Å². The predicted molar refractivity (Wildman–Crippen MR) is 72.2 cm³/mol. The fourth-order valence-corrected chi connectivity index (χ4v) is 3.10. The molecule has 0 aromatic heterocycles. The van der Waals surface area contributed by atoms with Crippen LogP contribution >= 0.6 is 11.8 Å². The van der Waals surface area contributed by atoms with Crippen molar-refractivity contribution in [3.8, 4) is 0 Å². The molecule has 0 radical (unpaired) electrons. The van der Waals surface area contributed by atoms with Crippen LogP contribution in [0.4, 0.5) is 18.9 Å². The highest BCUT2D eigenvalue weighted by Gasteiger charge is 2.33. The van der Waals surface area contributed by atoms with Crippen molar-refractivity contribution in [2.75, 3.05) is 17.2 Å². The molecule has 0 fully saturated rings. The Morgan fingerprint density at radius 2 is 1.90 bits per heavy atom. The third-order valence-electron chi connectivity index (χ3n) is 2.36. The Labute approximate surface area is 119 Å². The van der Waals surface area contributed by atoms with E-state index < -0.39 is 21.9 Å². The molecule has 0 aliphatic carbocycles. The normalized spacial score (nSPS) is 12.6. The molecule has 3 N–H and O–H groups in total. The lowest BCUT2D eigenvalue weighted by atomic mass is 10.2. The molecule has 0 heterocycles. The molecule has 0 aliphatic heterocycles. The number of nitrogen functional groups attached to an aromatic ring is 1. The van der Waals surface area contributed by atoms with Crippen LogP contribution in [0.3, 0.4) is 0 Å². The molecular weight excluding hydrogens is 315 g/mol. The third kappa shape index (κ3) is 6.02. The lowest BCUT2D eigenvalue weighted by Crippen LogP contribution is -2.08. The molecule has 1 aromatic rings. The van der Waals surface area contributed by atoms with Crippen molar-refractivity contribution >= 4 is 27.6 Å². The summed E-state index contributed by atoms with van der Waals surface area (Å²) in [6.07, 6.45) is -3.90. The molecule has 1 rings (SSSR count). The van der Waals surface area contributed by atoms with E-state index in [1.54, 1.807) is 0 Å². The zero-order valence-electron chi connectivity index (χ0n) is 10.4. The van der Waals surface area contributed by atoms with E-state index in [4.69, 9.17) is 10.3 Å². The van der Waals surface area contributed by atoms with Gasteiger partial charge in [0.2, 0.25) is 0 Å². The van der Waals surface area contributed by atoms with Crippen LogP contribution in [0, 0.1) is 0 Å². The van der Waals surface area contributed by atoms with Gasteiger partial charge in [-0.25, -0.2) is 0 Å². The number of alkyl halides is 3. The van der Waals surface area contributed by atoms with Crippen molar-refractivity contribution in [3.63, 3.8) is 0 Å². The summed E-state index contributed by atoms with van der Waals surface area (Å²) >= 11 is 0.981. The summed E-state index contributed by atoms with van der Waals surface area (Å²) in [5, 5.41) is 0. The molecule has 20 heavy (non-hydrogen) atoms. The van der Waals surface area contributed by atoms with E-state index in [0.717, 1.165) is 17.8 Å². The predicted octanol–water partition coefficient (Wildman–Crippen LogP) is 3.05. The van der Waals surface area contributed by atoms with E-state index in [1.165, 1.54) is 12.1 Å². The lowest BCUT2D eigenvalue weighted by Gasteiger charge is -2.13. The highest BCUT2D eigenvalue weighted by molar-refractivity contribution is 7.99. The Bertz CT molecular complexity index is 559. The molecule has 9 heteroatoms. The SMILES string of the molecule is Nc1ccc(SCCCCS(=O)(=O)O)c(C(F)(F)F)c1. The number of thioether (sulfide) groups is 1. The molecule has 0 spiro atoms. The first-order chi connectivity index (χ1) is 9.09. The zero-order valence-corrected chi connectivity index (χ0v) is 12.0. The first-order valence-electron chi connectivity index (χ1n) is 5.64. The number of hydrogen-bond acceptors (Lipinski definition) is 4. The van der Waals surface area contributed by atoms with Crippen LogP contribution in [0.15, 0.2) is 23.1 Å². The van der Waals surface area contributed by atoms with Crippen molar-refractivity contribution in [2.45, 2.75) is 23.9 Å². The Hall–Kier alpha value is -0.930. The number of anilines is 1. The maximum atomic E-state index is 12.8. The van der Waals surface area contributed by atoms with E-state index >= 15 is 0 Å². The number of unbranched alkanes of at least 4 members (excludes halogenated alkanes) is 1. The molecule has 0 amide bonds. The molecule has 0 saturated heterocycles. The van der Waals surface area contributed by atoms with Gasteiger partial charge < -0.3 is 5.73 Å². The topological polar surface area (TPSA) is 80.4 Å². The van der Waals surface area contributed by atoms with Crippen LogP contribution in [-0.2, 0) is 16.3 Å². The van der Waals surface area contributed by atoms with E-state index in [-0.39, 0.29) is 22.8 Å². The second-order valence-electron chi connectivity index (χ2n) is 4.09. The second kappa shape index (κ2) is 6.68. The van der Waals surface area contributed by atoms with Crippen LogP contribution < -0.4 is 5.73 Å². The van der Waals surface area contributed by atoms with Crippen LogP contribution in [0.2, 0.25) is 0 Å². The third-order valence-corrected chi connectivity index (χ3v) is 4.33. The maximum absolute atomic E-state index is 12.8. The second-order valence-corrected chi connectivity index (χ2v) is 6.80. The first-order valence-corrected chi connectivity index (χ1v) is 8.24. The molecule has 0 saturated carbocycles. The van der Waals surface area contributed by atoms with Gasteiger partial charge in [-0.05, 0) is 36.8 Å². The Balaban J connectivity index is 2.60. The van der Waals surface area contributed by atoms with Crippen LogP contribution in [0.1, 0.15) is 18.4 Å². The zero-order chi connectivity index (χ0) is 15.4. The number of nitrogens with two attached hydrogens (primary N) is 1. The Morgan fingerprint density at radius 3 is 2.45 bits per heavy atom. The van der Waals surface area contributed by atoms with Gasteiger partial charge in [-0.2, -0.15) is 21.6 Å². The summed E-state index contributed by atoms with van der Waals surface area (Å²) in [6, 6.07) is 3.56. The first kappa shape index (κ1) is 17.1. The number of rotatable bonds is 6. The van der Waals surface area contributed by atoms with E-state index in [2.05, 4.69) is 0 Å². The molecular formula is C11H14F3NO3S2. The summed E-state index contributed by atoms with van der Waals surface area (Å²) in [7, 11) is -4.01. The van der Waals surface area contributed by atoms with Gasteiger partial charge in [-0.15, -0.1) is 11.8 Å².